The molecule has 0 aliphatic heterocycles. The Morgan fingerprint density at radius 2 is 1.04 bits per heavy atom. The van der Waals surface area contributed by atoms with Crippen LogP contribution in [0.2, 0.25) is 16.6 Å². The summed E-state index contributed by atoms with van der Waals surface area (Å²) in [6.45, 7) is 0. The minimum Gasteiger partial charge on any atom is -0.481 e. The molecule has 3 nitrogen and oxygen atoms in total. The van der Waals surface area contributed by atoms with E-state index in [1.165, 1.54) is 0 Å². The van der Waals surface area contributed by atoms with E-state index in [1.807, 2.05) is 23.6 Å². The number of hydrogen-bond donors (Lipinski definition) is 1. The zero-order valence-electron chi connectivity index (χ0n) is 17.5. The molecule has 0 rings (SSSR count). The molecule has 1 N–H and O–H groups in total. The molecule has 0 fully saturated rings. The van der Waals surface area contributed by atoms with Crippen LogP contribution in [-0.4, -0.2) is 24.6 Å². The summed E-state index contributed by atoms with van der Waals surface area (Å²) in [7, 11) is 0. The molecule has 0 heterocycles. The van der Waals surface area contributed by atoms with Gasteiger partial charge in [0.25, 0.3) is 0 Å². The molecule has 0 amide bonds. The van der Waals surface area contributed by atoms with E-state index in [0.717, 1.165) is 43.7 Å². The van der Waals surface area contributed by atoms with E-state index in [2.05, 4.69) is 60.8 Å². The van der Waals surface area contributed by atoms with E-state index in [1.54, 1.807) is 0 Å². The van der Waals surface area contributed by atoms with Crippen molar-refractivity contribution in [3.63, 3.8) is 0 Å². The molecule has 4 heteroatoms. The summed E-state index contributed by atoms with van der Waals surface area (Å²) in [5, 5.41) is 9.28. The van der Waals surface area contributed by atoms with Gasteiger partial charge in [-0.3, -0.25) is 4.79 Å². The summed E-state index contributed by atoms with van der Waals surface area (Å²) in [4.78, 5) is 10.4. The van der Waals surface area contributed by atoms with Crippen LogP contribution in [0.5, 0.6) is 0 Å². The molecule has 0 aliphatic carbocycles. The normalized spacial score (nSPS) is 13.5. The van der Waals surface area contributed by atoms with Crippen LogP contribution in [0.15, 0.2) is 72.9 Å². The van der Waals surface area contributed by atoms with Gasteiger partial charge in [-0.15, -0.1) is 0 Å². The van der Waals surface area contributed by atoms with Gasteiger partial charge in [-0.25, -0.2) is 0 Å². The molecule has 0 aromatic heterocycles. The molecular weight excluding hydrogens is 411 g/mol. The van der Waals surface area contributed by atoms with Gasteiger partial charge in [0.15, 0.2) is 0 Å². The molecule has 0 spiro atoms. The van der Waals surface area contributed by atoms with Crippen LogP contribution < -0.4 is 0 Å². The Labute approximate surface area is 174 Å². The van der Waals surface area contributed by atoms with E-state index in [-0.39, 0.29) is 6.42 Å². The summed E-state index contributed by atoms with van der Waals surface area (Å²) < 4.78 is 11.6. The van der Waals surface area contributed by atoms with Gasteiger partial charge < -0.3 is 5.11 Å². The second kappa shape index (κ2) is 18.6. The molecular formula is C24H37AsO3. The first-order valence-corrected chi connectivity index (χ1v) is 15.9. The molecule has 0 bridgehead atoms. The fourth-order valence-electron chi connectivity index (χ4n) is 2.17. The van der Waals surface area contributed by atoms with Gasteiger partial charge in [0, 0.05) is 6.42 Å². The molecule has 0 atom stereocenters. The standard InChI is InChI=1S/C24H37AsO3/c1-25(2,28)23-21-19-17-15-13-11-9-7-5-3-4-6-8-10-12-14-16-18-20-22-24(26)27/h3-4,7-10,13-16,19,21H,5-6,11-12,17-18,20,22-23H2,1-2H3,(H,26,27)/b4-3-,9-7-,10-8-,15-13-,16-14-,21-19-. The van der Waals surface area contributed by atoms with Gasteiger partial charge in [-0.05, 0) is 25.7 Å². The molecule has 0 saturated heterocycles. The van der Waals surface area contributed by atoms with E-state index in [4.69, 9.17) is 5.11 Å². The van der Waals surface area contributed by atoms with Crippen molar-refractivity contribution < 1.29 is 13.6 Å². The Bertz CT molecular complexity index is 616. The average Bonchev–Trinajstić information content (AvgIpc) is 2.61. The Balaban J connectivity index is 3.58. The smallest absolute Gasteiger partial charge is 0.481 e. The number of carboxylic acid groups (broad SMARTS) is 1. The van der Waals surface area contributed by atoms with Crippen LogP contribution in [0, 0.1) is 0 Å². The first kappa shape index (κ1) is 26.3. The average molecular weight is 448 g/mol. The topological polar surface area (TPSA) is 54.4 Å². The molecule has 156 valence electrons. The van der Waals surface area contributed by atoms with Crippen molar-refractivity contribution in [1.82, 2.24) is 0 Å². The van der Waals surface area contributed by atoms with E-state index < -0.39 is 19.5 Å². The number of hydrogen-bond acceptors (Lipinski definition) is 2. The third kappa shape index (κ3) is 24.3. The Kier molecular flexibility index (Phi) is 17.5. The third-order valence-electron chi connectivity index (χ3n) is 3.67. The van der Waals surface area contributed by atoms with Gasteiger partial charge in [0.2, 0.25) is 0 Å². The first-order chi connectivity index (χ1) is 13.4. The van der Waals surface area contributed by atoms with Crippen LogP contribution in [0.3, 0.4) is 0 Å². The second-order valence-electron chi connectivity index (χ2n) is 7.05. The quantitative estimate of drug-likeness (QED) is 0.155. The Hall–Kier alpha value is -1.73. The van der Waals surface area contributed by atoms with Crippen LogP contribution in [0.1, 0.15) is 51.4 Å². The van der Waals surface area contributed by atoms with Crippen molar-refractivity contribution in [1.29, 1.82) is 0 Å². The number of allylic oxidation sites excluding steroid dienone is 12. The first-order valence-electron chi connectivity index (χ1n) is 10.1. The van der Waals surface area contributed by atoms with Crippen molar-refractivity contribution in [3.8, 4) is 0 Å². The van der Waals surface area contributed by atoms with E-state index in [9.17, 15) is 8.53 Å². The predicted octanol–water partition coefficient (Wildman–Crippen LogP) is 7.16. The Morgan fingerprint density at radius 1 is 0.679 bits per heavy atom. The van der Waals surface area contributed by atoms with Gasteiger partial charge >= 0.3 is 108 Å². The molecule has 0 aromatic carbocycles. The molecule has 28 heavy (non-hydrogen) atoms. The number of rotatable bonds is 16. The minimum absolute atomic E-state index is 0.247. The van der Waals surface area contributed by atoms with Gasteiger partial charge in [0.05, 0.1) is 0 Å². The molecule has 0 radical (unpaired) electrons. The van der Waals surface area contributed by atoms with Gasteiger partial charge in [0.1, 0.15) is 0 Å². The fourth-order valence-corrected chi connectivity index (χ4v) is 3.55. The summed E-state index contributed by atoms with van der Waals surface area (Å²) in [5.74, 6) is -0.724. The zero-order valence-corrected chi connectivity index (χ0v) is 19.4. The van der Waals surface area contributed by atoms with Crippen molar-refractivity contribution in [2.24, 2.45) is 0 Å². The van der Waals surface area contributed by atoms with Crippen LogP contribution in [-0.2, 0) is 8.53 Å². The molecule has 0 saturated carbocycles. The molecule has 0 aliphatic rings. The Morgan fingerprint density at radius 3 is 1.39 bits per heavy atom. The van der Waals surface area contributed by atoms with Gasteiger partial charge in [-0.1, -0.05) is 24.3 Å². The number of unbranched alkanes of at least 4 members (excludes halogenated alkanes) is 1. The van der Waals surface area contributed by atoms with E-state index >= 15 is 0 Å². The molecule has 0 unspecified atom stereocenters. The third-order valence-corrected chi connectivity index (χ3v) is 5.95. The van der Waals surface area contributed by atoms with Crippen molar-refractivity contribution in [3.05, 3.63) is 72.9 Å². The summed E-state index contributed by atoms with van der Waals surface area (Å²) in [6.07, 6.45) is 32.0. The monoisotopic (exact) mass is 448 g/mol. The van der Waals surface area contributed by atoms with Crippen molar-refractivity contribution in [2.75, 3.05) is 0 Å². The molecule has 0 aromatic rings. The summed E-state index contributed by atoms with van der Waals surface area (Å²) in [6, 6.07) is 0. The fraction of sp³-hybridized carbons (Fsp3) is 0.458. The van der Waals surface area contributed by atoms with E-state index in [0.29, 0.717) is 6.42 Å². The van der Waals surface area contributed by atoms with Gasteiger partial charge in [-0.2, -0.15) is 0 Å². The number of carbonyl (C=O) groups is 1. The summed E-state index contributed by atoms with van der Waals surface area (Å²) >= 11 is -2.49. The second-order valence-corrected chi connectivity index (χ2v) is 14.4. The van der Waals surface area contributed by atoms with Crippen LogP contribution in [0.25, 0.3) is 0 Å². The zero-order chi connectivity index (χ0) is 20.9. The maximum atomic E-state index is 11.6. The SMILES string of the molecule is C[As](C)(=O)C/C=C\C/C=C\C/C=C\C/C=C\C/C=C\C/C=C\CCCC(=O)O. The minimum atomic E-state index is -2.49. The van der Waals surface area contributed by atoms with Crippen molar-refractivity contribution >= 4 is 19.5 Å². The summed E-state index contributed by atoms with van der Waals surface area (Å²) in [5.41, 5.74) is 3.75. The van der Waals surface area contributed by atoms with Crippen molar-refractivity contribution in [2.45, 2.75) is 68.0 Å². The van der Waals surface area contributed by atoms with Crippen LogP contribution in [0.4, 0.5) is 0 Å². The number of aliphatic carboxylic acids is 1. The number of carboxylic acids is 1. The van der Waals surface area contributed by atoms with Crippen LogP contribution >= 0.6 is 0 Å². The maximum absolute atomic E-state index is 11.6. The predicted molar refractivity (Wildman–Crippen MR) is 122 cm³/mol.